The summed E-state index contributed by atoms with van der Waals surface area (Å²) in [5, 5.41) is 0.752. The van der Waals surface area contributed by atoms with Gasteiger partial charge in [-0.3, -0.25) is 9.59 Å². The van der Waals surface area contributed by atoms with Crippen molar-refractivity contribution in [3.8, 4) is 0 Å². The van der Waals surface area contributed by atoms with Crippen molar-refractivity contribution < 1.29 is 9.59 Å². The molecule has 2 rings (SSSR count). The third-order valence-corrected chi connectivity index (χ3v) is 4.45. The summed E-state index contributed by atoms with van der Waals surface area (Å²) in [6.45, 7) is 1.81. The first-order chi connectivity index (χ1) is 8.58. The fourth-order valence-corrected chi connectivity index (χ4v) is 3.10. The fourth-order valence-electron chi connectivity index (χ4n) is 2.56. The Hall–Kier alpha value is -0.960. The van der Waals surface area contributed by atoms with Crippen LogP contribution in [0.1, 0.15) is 37.3 Å². The van der Waals surface area contributed by atoms with Gasteiger partial charge in [-0.15, -0.1) is 0 Å². The Morgan fingerprint density at radius 1 is 1.11 bits per heavy atom. The molecule has 0 amide bonds. The van der Waals surface area contributed by atoms with Crippen LogP contribution in [0.5, 0.6) is 0 Å². The van der Waals surface area contributed by atoms with E-state index in [4.69, 9.17) is 0 Å². The number of benzene rings is 1. The molecule has 1 aromatic rings. The maximum Gasteiger partial charge on any atom is 0.146 e. The zero-order chi connectivity index (χ0) is 13.2. The molecule has 3 heteroatoms. The molecule has 1 aliphatic carbocycles. The predicted molar refractivity (Wildman–Crippen MR) is 74.7 cm³/mol. The summed E-state index contributed by atoms with van der Waals surface area (Å²) in [5.74, 6) is 0.200. The first-order valence-electron chi connectivity index (χ1n) is 6.27. The fraction of sp³-hybridized carbons (Fsp3) is 0.467. The summed E-state index contributed by atoms with van der Waals surface area (Å²) in [4.78, 5) is 24.2. The second-order valence-electron chi connectivity index (χ2n) is 5.11. The Balaban J connectivity index is 2.31. The first-order valence-corrected chi connectivity index (χ1v) is 7.39. The van der Waals surface area contributed by atoms with E-state index in [-0.39, 0.29) is 11.6 Å². The Kier molecular flexibility index (Phi) is 4.00. The minimum atomic E-state index is -0.809. The van der Waals surface area contributed by atoms with E-state index in [0.717, 1.165) is 16.5 Å². The second-order valence-corrected chi connectivity index (χ2v) is 5.67. The minimum Gasteiger partial charge on any atom is -0.299 e. The molecule has 0 atom stereocenters. The van der Waals surface area contributed by atoms with Crippen LogP contribution in [0, 0.1) is 5.41 Å². The highest BCUT2D eigenvalue weighted by molar-refractivity contribution is 9.08. The van der Waals surface area contributed by atoms with Gasteiger partial charge in [0, 0.05) is 18.2 Å². The normalized spacial score (nSPS) is 19.0. The zero-order valence-corrected chi connectivity index (χ0v) is 12.1. The van der Waals surface area contributed by atoms with Crippen LogP contribution in [0.3, 0.4) is 0 Å². The average molecular weight is 309 g/mol. The Morgan fingerprint density at radius 3 is 2.22 bits per heavy atom. The summed E-state index contributed by atoms with van der Waals surface area (Å²) in [5.41, 5.74) is 1.45. The maximum atomic E-state index is 12.1. The molecule has 0 unspecified atom stereocenters. The molecule has 0 heterocycles. The number of ketones is 2. The van der Waals surface area contributed by atoms with Gasteiger partial charge in [-0.05, 0) is 30.9 Å². The Labute approximate surface area is 116 Å². The van der Waals surface area contributed by atoms with Crippen molar-refractivity contribution in [3.05, 3.63) is 35.4 Å². The lowest BCUT2D eigenvalue weighted by Gasteiger charge is -2.31. The highest BCUT2D eigenvalue weighted by atomic mass is 79.9. The molecule has 0 aliphatic heterocycles. The molecule has 0 spiro atoms. The zero-order valence-electron chi connectivity index (χ0n) is 10.5. The Bertz CT molecular complexity index is 463. The summed E-state index contributed by atoms with van der Waals surface area (Å²) in [6, 6.07) is 7.98. The standard InChI is InChI=1S/C15H17BrO2/c1-15(13(17)7-4-8-14(15)18)9-11-5-2-3-6-12(11)10-16/h2-3,5-6H,4,7-10H2,1H3. The smallest absolute Gasteiger partial charge is 0.146 e. The molecule has 0 saturated heterocycles. The van der Waals surface area contributed by atoms with Gasteiger partial charge in [0.25, 0.3) is 0 Å². The van der Waals surface area contributed by atoms with Gasteiger partial charge in [-0.1, -0.05) is 40.2 Å². The molecule has 1 aromatic carbocycles. The number of carbonyl (C=O) groups excluding carboxylic acids is 2. The highest BCUT2D eigenvalue weighted by Gasteiger charge is 2.42. The van der Waals surface area contributed by atoms with Crippen LogP contribution in [0.15, 0.2) is 24.3 Å². The number of hydrogen-bond acceptors (Lipinski definition) is 2. The van der Waals surface area contributed by atoms with Crippen LogP contribution in [0.4, 0.5) is 0 Å². The van der Waals surface area contributed by atoms with Crippen molar-refractivity contribution in [2.24, 2.45) is 5.41 Å². The van der Waals surface area contributed by atoms with Gasteiger partial charge in [0.1, 0.15) is 11.6 Å². The lowest BCUT2D eigenvalue weighted by Crippen LogP contribution is -2.41. The van der Waals surface area contributed by atoms with Crippen molar-refractivity contribution in [1.82, 2.24) is 0 Å². The predicted octanol–water partition coefficient (Wildman–Crippen LogP) is 3.45. The quantitative estimate of drug-likeness (QED) is 0.633. The molecule has 2 nitrogen and oxygen atoms in total. The van der Waals surface area contributed by atoms with E-state index in [1.54, 1.807) is 0 Å². The third kappa shape index (κ3) is 2.41. The molecular formula is C15H17BrO2. The summed E-state index contributed by atoms with van der Waals surface area (Å²) in [7, 11) is 0. The van der Waals surface area contributed by atoms with E-state index in [2.05, 4.69) is 15.9 Å². The van der Waals surface area contributed by atoms with Crippen LogP contribution in [0.25, 0.3) is 0 Å². The molecule has 0 N–H and O–H groups in total. The van der Waals surface area contributed by atoms with Gasteiger partial charge < -0.3 is 0 Å². The van der Waals surface area contributed by atoms with E-state index in [1.165, 1.54) is 0 Å². The van der Waals surface area contributed by atoms with Crippen molar-refractivity contribution >= 4 is 27.5 Å². The first kappa shape index (κ1) is 13.5. The molecule has 0 bridgehead atoms. The van der Waals surface area contributed by atoms with E-state index in [1.807, 2.05) is 31.2 Å². The van der Waals surface area contributed by atoms with Crippen molar-refractivity contribution in [2.45, 2.75) is 37.9 Å². The lowest BCUT2D eigenvalue weighted by atomic mass is 9.69. The van der Waals surface area contributed by atoms with E-state index in [9.17, 15) is 9.59 Å². The van der Waals surface area contributed by atoms with E-state index in [0.29, 0.717) is 25.7 Å². The second kappa shape index (κ2) is 5.35. The van der Waals surface area contributed by atoms with Gasteiger partial charge in [0.15, 0.2) is 0 Å². The van der Waals surface area contributed by atoms with E-state index < -0.39 is 5.41 Å². The topological polar surface area (TPSA) is 34.1 Å². The SMILES string of the molecule is CC1(Cc2ccccc2CBr)C(=O)CCCC1=O. The monoisotopic (exact) mass is 308 g/mol. The van der Waals surface area contributed by atoms with Gasteiger partial charge in [-0.2, -0.15) is 0 Å². The average Bonchev–Trinajstić information content (AvgIpc) is 2.37. The minimum absolute atomic E-state index is 0.100. The van der Waals surface area contributed by atoms with Gasteiger partial charge >= 0.3 is 0 Å². The lowest BCUT2D eigenvalue weighted by molar-refractivity contribution is -0.142. The highest BCUT2D eigenvalue weighted by Crippen LogP contribution is 2.34. The van der Waals surface area contributed by atoms with Crippen LogP contribution in [-0.2, 0) is 21.3 Å². The third-order valence-electron chi connectivity index (χ3n) is 3.84. The van der Waals surface area contributed by atoms with Crippen LogP contribution in [0.2, 0.25) is 0 Å². The number of alkyl halides is 1. The number of rotatable bonds is 3. The molecular weight excluding hydrogens is 292 g/mol. The number of carbonyl (C=O) groups is 2. The summed E-state index contributed by atoms with van der Waals surface area (Å²) < 4.78 is 0. The summed E-state index contributed by atoms with van der Waals surface area (Å²) in [6.07, 6.45) is 2.33. The largest absolute Gasteiger partial charge is 0.299 e. The van der Waals surface area contributed by atoms with Crippen LogP contribution < -0.4 is 0 Å². The molecule has 0 aromatic heterocycles. The number of halogens is 1. The van der Waals surface area contributed by atoms with Crippen LogP contribution in [-0.4, -0.2) is 11.6 Å². The Morgan fingerprint density at radius 2 is 1.67 bits per heavy atom. The molecule has 18 heavy (non-hydrogen) atoms. The van der Waals surface area contributed by atoms with Crippen LogP contribution >= 0.6 is 15.9 Å². The maximum absolute atomic E-state index is 12.1. The molecule has 0 radical (unpaired) electrons. The summed E-state index contributed by atoms with van der Waals surface area (Å²) >= 11 is 3.45. The number of hydrogen-bond donors (Lipinski definition) is 0. The van der Waals surface area contributed by atoms with Gasteiger partial charge in [0.2, 0.25) is 0 Å². The van der Waals surface area contributed by atoms with Gasteiger partial charge in [-0.25, -0.2) is 0 Å². The van der Waals surface area contributed by atoms with Gasteiger partial charge in [0.05, 0.1) is 5.41 Å². The van der Waals surface area contributed by atoms with Crippen molar-refractivity contribution in [2.75, 3.05) is 0 Å². The molecule has 1 fully saturated rings. The molecule has 96 valence electrons. The molecule has 1 saturated carbocycles. The van der Waals surface area contributed by atoms with Crippen molar-refractivity contribution in [3.63, 3.8) is 0 Å². The molecule has 1 aliphatic rings. The number of Topliss-reactive ketones (excluding diaryl/α,β-unsaturated/α-hetero) is 2. The van der Waals surface area contributed by atoms with Crippen molar-refractivity contribution in [1.29, 1.82) is 0 Å². The van der Waals surface area contributed by atoms with E-state index >= 15 is 0 Å².